The summed E-state index contributed by atoms with van der Waals surface area (Å²) in [5.41, 5.74) is 4.58. The van der Waals surface area contributed by atoms with E-state index in [1.54, 1.807) is 6.20 Å². The van der Waals surface area contributed by atoms with E-state index in [4.69, 9.17) is 11.6 Å². The van der Waals surface area contributed by atoms with Gasteiger partial charge >= 0.3 is 0 Å². The molecule has 0 atom stereocenters. The molecule has 0 amide bonds. The molecule has 0 aliphatic carbocycles. The fourth-order valence-corrected chi connectivity index (χ4v) is 3.71. The highest BCUT2D eigenvalue weighted by Gasteiger charge is 2.20. The second-order valence-corrected chi connectivity index (χ2v) is 7.53. The van der Waals surface area contributed by atoms with Gasteiger partial charge in [0.25, 0.3) is 0 Å². The standard InChI is InChI=1S/C21H23ClN6/c1-15-10-16(2)12-18(11-15)24-20-14-23-26-21(25-20)28-8-6-27(7-9-28)19-5-3-4-17(22)13-19/h3-5,10-14H,6-9H2,1-2H3,(H,24,25,26). The molecule has 1 N–H and O–H groups in total. The molecule has 0 saturated carbocycles. The Balaban J connectivity index is 1.43. The Labute approximate surface area is 170 Å². The number of aryl methyl sites for hydroxylation is 2. The molecule has 144 valence electrons. The fourth-order valence-electron chi connectivity index (χ4n) is 3.52. The van der Waals surface area contributed by atoms with Crippen LogP contribution in [0, 0.1) is 13.8 Å². The van der Waals surface area contributed by atoms with Crippen LogP contribution in [0.3, 0.4) is 0 Å². The summed E-state index contributed by atoms with van der Waals surface area (Å²) < 4.78 is 0. The van der Waals surface area contributed by atoms with Gasteiger partial charge in [0, 0.05) is 42.6 Å². The van der Waals surface area contributed by atoms with Crippen LogP contribution < -0.4 is 15.1 Å². The highest BCUT2D eigenvalue weighted by Crippen LogP contribution is 2.23. The number of hydrogen-bond acceptors (Lipinski definition) is 6. The predicted molar refractivity (Wildman–Crippen MR) is 115 cm³/mol. The lowest BCUT2D eigenvalue weighted by Gasteiger charge is -2.36. The quantitative estimate of drug-likeness (QED) is 0.715. The van der Waals surface area contributed by atoms with E-state index in [1.165, 1.54) is 11.1 Å². The maximum Gasteiger partial charge on any atom is 0.247 e. The van der Waals surface area contributed by atoms with Gasteiger partial charge in [-0.25, -0.2) is 0 Å². The molecule has 6 nitrogen and oxygen atoms in total. The normalized spacial score (nSPS) is 14.2. The maximum atomic E-state index is 6.12. The van der Waals surface area contributed by atoms with Crippen molar-refractivity contribution in [2.75, 3.05) is 41.3 Å². The van der Waals surface area contributed by atoms with Crippen molar-refractivity contribution in [1.82, 2.24) is 15.2 Å². The van der Waals surface area contributed by atoms with Gasteiger partial charge in [-0.15, -0.1) is 5.10 Å². The Bertz CT molecular complexity index is 948. The van der Waals surface area contributed by atoms with Crippen LogP contribution in [-0.2, 0) is 0 Å². The van der Waals surface area contributed by atoms with Gasteiger partial charge in [0.2, 0.25) is 5.95 Å². The van der Waals surface area contributed by atoms with E-state index >= 15 is 0 Å². The molecule has 7 heteroatoms. The maximum absolute atomic E-state index is 6.12. The molecule has 1 fully saturated rings. The Kier molecular flexibility index (Phi) is 5.30. The van der Waals surface area contributed by atoms with Gasteiger partial charge in [-0.05, 0) is 55.3 Å². The van der Waals surface area contributed by atoms with Gasteiger partial charge in [-0.2, -0.15) is 10.1 Å². The molecule has 1 aromatic heterocycles. The third kappa shape index (κ3) is 4.34. The zero-order chi connectivity index (χ0) is 19.5. The third-order valence-electron chi connectivity index (χ3n) is 4.78. The number of halogens is 1. The molecule has 0 radical (unpaired) electrons. The second-order valence-electron chi connectivity index (χ2n) is 7.10. The smallest absolute Gasteiger partial charge is 0.247 e. The summed E-state index contributed by atoms with van der Waals surface area (Å²) in [6.07, 6.45) is 1.66. The highest BCUT2D eigenvalue weighted by atomic mass is 35.5. The van der Waals surface area contributed by atoms with Crippen LogP contribution in [0.4, 0.5) is 23.1 Å². The number of hydrogen-bond donors (Lipinski definition) is 1. The van der Waals surface area contributed by atoms with Gasteiger partial charge in [0.05, 0.1) is 6.20 Å². The lowest BCUT2D eigenvalue weighted by molar-refractivity contribution is 0.635. The summed E-state index contributed by atoms with van der Waals surface area (Å²) in [7, 11) is 0. The molecule has 0 bridgehead atoms. The van der Waals surface area contributed by atoms with E-state index in [1.807, 2.05) is 18.2 Å². The van der Waals surface area contributed by atoms with Crippen LogP contribution in [0.25, 0.3) is 0 Å². The van der Waals surface area contributed by atoms with Gasteiger partial charge in [-0.3, -0.25) is 0 Å². The van der Waals surface area contributed by atoms with Crippen molar-refractivity contribution < 1.29 is 0 Å². The van der Waals surface area contributed by atoms with Gasteiger partial charge < -0.3 is 15.1 Å². The Hall–Kier alpha value is -2.86. The minimum absolute atomic E-state index is 0.653. The number of piperazine rings is 1. The number of nitrogens with one attached hydrogen (secondary N) is 1. The number of aromatic nitrogens is 3. The first-order valence-electron chi connectivity index (χ1n) is 9.37. The first kappa shape index (κ1) is 18.5. The molecule has 2 heterocycles. The van der Waals surface area contributed by atoms with Crippen molar-refractivity contribution in [3.05, 3.63) is 64.8 Å². The Morgan fingerprint density at radius 2 is 1.64 bits per heavy atom. The van der Waals surface area contributed by atoms with Crippen molar-refractivity contribution in [2.24, 2.45) is 0 Å². The molecule has 0 spiro atoms. The van der Waals surface area contributed by atoms with E-state index in [2.05, 4.69) is 68.4 Å². The molecule has 2 aromatic carbocycles. The molecule has 28 heavy (non-hydrogen) atoms. The van der Waals surface area contributed by atoms with E-state index in [-0.39, 0.29) is 0 Å². The van der Waals surface area contributed by atoms with Crippen molar-refractivity contribution in [3.63, 3.8) is 0 Å². The number of nitrogens with zero attached hydrogens (tertiary/aromatic N) is 5. The Morgan fingerprint density at radius 1 is 0.929 bits per heavy atom. The SMILES string of the molecule is Cc1cc(C)cc(Nc2cnnc(N3CCN(c4cccc(Cl)c4)CC3)n2)c1. The summed E-state index contributed by atoms with van der Waals surface area (Å²) in [6, 6.07) is 14.3. The molecule has 4 rings (SSSR count). The summed E-state index contributed by atoms with van der Waals surface area (Å²) in [5, 5.41) is 12.5. The van der Waals surface area contributed by atoms with E-state index in [0.29, 0.717) is 11.8 Å². The van der Waals surface area contributed by atoms with Crippen LogP contribution >= 0.6 is 11.6 Å². The monoisotopic (exact) mass is 394 g/mol. The lowest BCUT2D eigenvalue weighted by Crippen LogP contribution is -2.47. The molecule has 3 aromatic rings. The van der Waals surface area contributed by atoms with E-state index in [0.717, 1.165) is 42.6 Å². The molecule has 1 saturated heterocycles. The topological polar surface area (TPSA) is 57.2 Å². The van der Waals surface area contributed by atoms with Crippen LogP contribution in [0.2, 0.25) is 5.02 Å². The van der Waals surface area contributed by atoms with Crippen molar-refractivity contribution >= 4 is 34.7 Å². The van der Waals surface area contributed by atoms with Gasteiger partial charge in [-0.1, -0.05) is 23.7 Å². The van der Waals surface area contributed by atoms with Crippen LogP contribution in [0.5, 0.6) is 0 Å². The summed E-state index contributed by atoms with van der Waals surface area (Å²) in [5.74, 6) is 1.35. The van der Waals surface area contributed by atoms with Gasteiger partial charge in [0.15, 0.2) is 5.82 Å². The number of benzene rings is 2. The zero-order valence-corrected chi connectivity index (χ0v) is 16.8. The van der Waals surface area contributed by atoms with Crippen LogP contribution in [-0.4, -0.2) is 41.4 Å². The average Bonchev–Trinajstić information content (AvgIpc) is 2.67. The molecule has 1 aliphatic heterocycles. The zero-order valence-electron chi connectivity index (χ0n) is 16.1. The minimum Gasteiger partial charge on any atom is -0.368 e. The second kappa shape index (κ2) is 8.02. The minimum atomic E-state index is 0.653. The molecular formula is C21H23ClN6. The van der Waals surface area contributed by atoms with Crippen LogP contribution in [0.15, 0.2) is 48.7 Å². The van der Waals surface area contributed by atoms with Gasteiger partial charge in [0.1, 0.15) is 0 Å². The predicted octanol–water partition coefficient (Wildman–Crippen LogP) is 4.21. The number of anilines is 4. The van der Waals surface area contributed by atoms with Crippen molar-refractivity contribution in [1.29, 1.82) is 0 Å². The molecular weight excluding hydrogens is 372 g/mol. The third-order valence-corrected chi connectivity index (χ3v) is 5.01. The first-order chi connectivity index (χ1) is 13.6. The summed E-state index contributed by atoms with van der Waals surface area (Å²) in [6.45, 7) is 7.61. The van der Waals surface area contributed by atoms with Crippen molar-refractivity contribution in [2.45, 2.75) is 13.8 Å². The fraction of sp³-hybridized carbons (Fsp3) is 0.286. The molecule has 1 aliphatic rings. The number of rotatable bonds is 4. The van der Waals surface area contributed by atoms with E-state index < -0.39 is 0 Å². The highest BCUT2D eigenvalue weighted by molar-refractivity contribution is 6.30. The largest absolute Gasteiger partial charge is 0.368 e. The van der Waals surface area contributed by atoms with Crippen molar-refractivity contribution in [3.8, 4) is 0 Å². The first-order valence-corrected chi connectivity index (χ1v) is 9.75. The lowest BCUT2D eigenvalue weighted by atomic mass is 10.1. The summed E-state index contributed by atoms with van der Waals surface area (Å²) in [4.78, 5) is 9.16. The Morgan fingerprint density at radius 3 is 2.36 bits per heavy atom. The van der Waals surface area contributed by atoms with Crippen LogP contribution in [0.1, 0.15) is 11.1 Å². The summed E-state index contributed by atoms with van der Waals surface area (Å²) >= 11 is 6.12. The molecule has 0 unspecified atom stereocenters. The average molecular weight is 395 g/mol. The van der Waals surface area contributed by atoms with E-state index in [9.17, 15) is 0 Å².